The Labute approximate surface area is 110 Å². The molecule has 0 N–H and O–H groups in total. The van der Waals surface area contributed by atoms with E-state index >= 15 is 0 Å². The Kier molecular flexibility index (Phi) is 4.10. The van der Waals surface area contributed by atoms with Crippen molar-refractivity contribution in [1.29, 1.82) is 0 Å². The Morgan fingerprint density at radius 1 is 0.875 bits per heavy atom. The van der Waals surface area contributed by atoms with Gasteiger partial charge in [-0.25, -0.2) is 0 Å². The Morgan fingerprint density at radius 2 is 1.38 bits per heavy atom. The fourth-order valence-corrected chi connectivity index (χ4v) is 6.51. The smallest absolute Gasteiger partial charge is 0.0688 e. The van der Waals surface area contributed by atoms with E-state index in [9.17, 15) is 0 Å². The van der Waals surface area contributed by atoms with Crippen molar-refractivity contribution >= 4 is 44.3 Å². The van der Waals surface area contributed by atoms with E-state index in [2.05, 4.69) is 0 Å². The van der Waals surface area contributed by atoms with Gasteiger partial charge in [0.1, 0.15) is 4.59 Å². The van der Waals surface area contributed by atoms with Crippen LogP contribution >= 0.6 is 27.2 Å². The lowest BCUT2D eigenvalue weighted by Crippen LogP contribution is -1.95. The summed E-state index contributed by atoms with van der Waals surface area (Å²) in [4.78, 5) is 1.13. The minimum absolute atomic E-state index is 1.06. The average Bonchev–Trinajstić information content (AvgIpc) is 2.31. The lowest BCUT2D eigenvalue weighted by atomic mass is 10.4. The van der Waals surface area contributed by atoms with Gasteiger partial charge >= 0.3 is 0 Å². The van der Waals surface area contributed by atoms with Crippen molar-refractivity contribution in [2.24, 2.45) is 0 Å². The molecule has 2 aromatic carbocycles. The summed E-state index contributed by atoms with van der Waals surface area (Å²) in [6.07, 6.45) is 0. The van der Waals surface area contributed by atoms with E-state index in [1.54, 1.807) is 11.4 Å². The first-order valence-electron chi connectivity index (χ1n) is 4.78. The topological polar surface area (TPSA) is 0 Å². The molecule has 2 aromatic rings. The fourth-order valence-electron chi connectivity index (χ4n) is 1.28. The maximum absolute atomic E-state index is 6.49. The number of benzene rings is 2. The van der Waals surface area contributed by atoms with Crippen molar-refractivity contribution in [3.05, 3.63) is 60.7 Å². The van der Waals surface area contributed by atoms with Gasteiger partial charge < -0.3 is 0 Å². The lowest BCUT2D eigenvalue weighted by Gasteiger charge is -2.13. The molecule has 0 saturated heterocycles. The molecule has 0 fully saturated rings. The molecule has 0 heterocycles. The van der Waals surface area contributed by atoms with Gasteiger partial charge in [0, 0.05) is 10.2 Å². The van der Waals surface area contributed by atoms with Crippen LogP contribution in [0, 0.1) is 0 Å². The van der Waals surface area contributed by atoms with Gasteiger partial charge in [0.2, 0.25) is 0 Å². The summed E-state index contributed by atoms with van der Waals surface area (Å²) in [5, 5.41) is 1.06. The maximum Gasteiger partial charge on any atom is 0.121 e. The van der Waals surface area contributed by atoms with Gasteiger partial charge in [0.25, 0.3) is 0 Å². The zero-order chi connectivity index (χ0) is 11.4. The normalized spacial score (nSPS) is 14.3. The lowest BCUT2D eigenvalue weighted by molar-refractivity contribution is 1.48. The highest BCUT2D eigenvalue weighted by Crippen LogP contribution is 2.65. The number of hydrogen-bond acceptors (Lipinski definition) is 2. The van der Waals surface area contributed by atoms with E-state index in [4.69, 9.17) is 23.0 Å². The molecule has 1 unspecified atom stereocenters. The van der Waals surface area contributed by atoms with Crippen LogP contribution in [-0.2, 0) is 11.8 Å². The minimum atomic E-state index is -2.04. The van der Waals surface area contributed by atoms with Crippen molar-refractivity contribution in [2.45, 2.75) is 4.90 Å². The molecule has 0 spiro atoms. The number of rotatable bonds is 3. The summed E-state index contributed by atoms with van der Waals surface area (Å²) in [5.74, 6) is 0. The molecule has 1 atom stereocenters. The van der Waals surface area contributed by atoms with Crippen LogP contribution in [0.25, 0.3) is 0 Å². The molecule has 4 heteroatoms. The van der Waals surface area contributed by atoms with Gasteiger partial charge in [-0.15, -0.1) is 0 Å². The number of hydrogen-bond donors (Lipinski definition) is 0. The average molecular weight is 285 g/mol. The second kappa shape index (κ2) is 5.37. The molecule has 2 rings (SSSR count). The van der Waals surface area contributed by atoms with Gasteiger partial charge in [-0.2, -0.15) is 0 Å². The van der Waals surface area contributed by atoms with E-state index in [0.29, 0.717) is 0 Å². The molecule has 0 amide bonds. The molecule has 0 aromatic heterocycles. The zero-order valence-electron chi connectivity index (χ0n) is 8.42. The van der Waals surface area contributed by atoms with Crippen LogP contribution in [0.2, 0.25) is 0 Å². The minimum Gasteiger partial charge on any atom is -0.0688 e. The van der Waals surface area contributed by atoms with Crippen LogP contribution in [0.3, 0.4) is 0 Å². The second-order valence-corrected chi connectivity index (χ2v) is 12.6. The van der Waals surface area contributed by atoms with Gasteiger partial charge in [-0.05, 0) is 12.1 Å². The first kappa shape index (κ1) is 12.2. The van der Waals surface area contributed by atoms with Crippen LogP contribution in [0.4, 0.5) is 0 Å². The van der Waals surface area contributed by atoms with Crippen molar-refractivity contribution in [2.75, 3.05) is 0 Å². The third-order valence-electron chi connectivity index (χ3n) is 2.03. The van der Waals surface area contributed by atoms with Crippen LogP contribution in [0.1, 0.15) is 0 Å². The molecule has 16 heavy (non-hydrogen) atoms. The van der Waals surface area contributed by atoms with E-state index < -0.39 is 4.59 Å². The summed E-state index contributed by atoms with van der Waals surface area (Å²) >= 11 is 13.6. The zero-order valence-corrected chi connectivity index (χ0v) is 11.7. The van der Waals surface area contributed by atoms with Crippen molar-refractivity contribution in [3.8, 4) is 0 Å². The summed E-state index contributed by atoms with van der Waals surface area (Å²) in [5.41, 5.74) is 0. The van der Waals surface area contributed by atoms with E-state index in [0.717, 1.165) is 10.2 Å². The first-order chi connectivity index (χ1) is 7.68. The van der Waals surface area contributed by atoms with Crippen molar-refractivity contribution in [3.63, 3.8) is 0 Å². The predicted molar refractivity (Wildman–Crippen MR) is 78.5 cm³/mol. The van der Waals surface area contributed by atoms with E-state index in [1.165, 1.54) is 0 Å². The second-order valence-electron chi connectivity index (χ2n) is 3.22. The van der Waals surface area contributed by atoms with E-state index in [-0.39, 0.29) is 0 Å². The van der Waals surface area contributed by atoms with Gasteiger partial charge in [-0.3, -0.25) is 0 Å². The molecule has 0 aliphatic rings. The van der Waals surface area contributed by atoms with Crippen LogP contribution in [0.5, 0.6) is 0 Å². The van der Waals surface area contributed by atoms with Crippen LogP contribution in [0.15, 0.2) is 65.6 Å². The number of halogens is 1. The Hall–Kier alpha value is -0.270. The molecule has 0 aliphatic carbocycles. The molecule has 0 radical (unpaired) electrons. The highest BCUT2D eigenvalue weighted by molar-refractivity contribution is 8.80. The van der Waals surface area contributed by atoms with Crippen LogP contribution in [-0.4, -0.2) is 0 Å². The molecular formula is C12H10ClPS2. The van der Waals surface area contributed by atoms with Crippen molar-refractivity contribution < 1.29 is 0 Å². The Bertz CT molecular complexity index is 499. The van der Waals surface area contributed by atoms with Gasteiger partial charge in [0.05, 0.1) is 0 Å². The molecule has 82 valence electrons. The summed E-state index contributed by atoms with van der Waals surface area (Å²) < 4.78 is -2.04. The third kappa shape index (κ3) is 3.11. The Balaban J connectivity index is 2.25. The first-order valence-corrected chi connectivity index (χ1v) is 9.91. The molecule has 0 aliphatic heterocycles. The van der Waals surface area contributed by atoms with E-state index in [1.807, 2.05) is 60.7 Å². The van der Waals surface area contributed by atoms with Crippen LogP contribution < -0.4 is 5.30 Å². The molecule has 0 nitrogen and oxygen atoms in total. The maximum atomic E-state index is 6.49. The highest BCUT2D eigenvalue weighted by atomic mass is 35.7. The van der Waals surface area contributed by atoms with Gasteiger partial charge in [0.15, 0.2) is 0 Å². The standard InChI is InChI=1S/C12H10ClPS2/c13-14(15,11-7-3-1-4-8-11)16-12-9-5-2-6-10-12/h1-10H. The monoisotopic (exact) mass is 284 g/mol. The predicted octanol–water partition coefficient (Wildman–Crippen LogP) is 4.65. The van der Waals surface area contributed by atoms with Gasteiger partial charge in [-0.1, -0.05) is 83.0 Å². The summed E-state index contributed by atoms with van der Waals surface area (Å²) in [6.45, 7) is 0. The highest BCUT2D eigenvalue weighted by Gasteiger charge is 2.17. The summed E-state index contributed by atoms with van der Waals surface area (Å²) in [7, 11) is 0. The Morgan fingerprint density at radius 3 is 1.94 bits per heavy atom. The summed E-state index contributed by atoms with van der Waals surface area (Å²) in [6, 6.07) is 20.0. The third-order valence-corrected chi connectivity index (χ3v) is 8.14. The molecule has 0 saturated carbocycles. The SMILES string of the molecule is S=P(Cl)(Sc1ccccc1)c1ccccc1. The molecule has 0 bridgehead atoms. The quantitative estimate of drug-likeness (QED) is 0.752. The van der Waals surface area contributed by atoms with Crippen molar-refractivity contribution in [1.82, 2.24) is 0 Å². The largest absolute Gasteiger partial charge is 0.121 e. The molecular weight excluding hydrogens is 275 g/mol. The fraction of sp³-hybridized carbons (Fsp3) is 0.